The summed E-state index contributed by atoms with van der Waals surface area (Å²) >= 11 is 7.62. The fraction of sp³-hybridized carbons (Fsp3) is 0.440. The molecule has 0 saturated carbocycles. The van der Waals surface area contributed by atoms with E-state index in [2.05, 4.69) is 15.3 Å². The molecular formula is C25H26ClF3N4O4S. The van der Waals surface area contributed by atoms with Gasteiger partial charge in [0, 0.05) is 52.3 Å². The van der Waals surface area contributed by atoms with Gasteiger partial charge in [0.25, 0.3) is 5.92 Å². The van der Waals surface area contributed by atoms with E-state index in [0.29, 0.717) is 10.6 Å². The van der Waals surface area contributed by atoms with Gasteiger partial charge < -0.3 is 15.2 Å². The Bertz CT molecular complexity index is 1300. The lowest BCUT2D eigenvalue weighted by molar-refractivity contribution is -0.138. The average molecular weight is 571 g/mol. The lowest BCUT2D eigenvalue weighted by Gasteiger charge is -2.35. The number of amidine groups is 1. The number of halogens is 4. The number of carbonyl (C=O) groups is 2. The number of aliphatic imine (C=N–C) groups is 1. The Labute approximate surface area is 226 Å². The lowest BCUT2D eigenvalue weighted by atomic mass is 9.79. The predicted octanol–water partition coefficient (Wildman–Crippen LogP) is 4.66. The van der Waals surface area contributed by atoms with Crippen LogP contribution in [0.3, 0.4) is 0 Å². The van der Waals surface area contributed by atoms with Crippen LogP contribution in [0.2, 0.25) is 5.02 Å². The quantitative estimate of drug-likeness (QED) is 0.445. The topological polar surface area (TPSA) is 104 Å². The highest BCUT2D eigenvalue weighted by molar-refractivity contribution is 7.11. The summed E-state index contributed by atoms with van der Waals surface area (Å²) in [5.74, 6) is -5.29. The second-order valence-electron chi connectivity index (χ2n) is 9.67. The van der Waals surface area contributed by atoms with Crippen molar-refractivity contribution < 1.29 is 32.6 Å². The van der Waals surface area contributed by atoms with Gasteiger partial charge in [0.15, 0.2) is 10.8 Å². The molecule has 0 amide bonds. The summed E-state index contributed by atoms with van der Waals surface area (Å²) in [6, 6.07) is 1.83. The first-order valence-corrected chi connectivity index (χ1v) is 13.0. The molecule has 13 heteroatoms. The number of carbonyl (C=O) groups excluding carboxylic acids is 1. The highest BCUT2D eigenvalue weighted by Crippen LogP contribution is 2.49. The van der Waals surface area contributed by atoms with Crippen molar-refractivity contribution in [3.8, 4) is 0 Å². The van der Waals surface area contributed by atoms with E-state index in [0.717, 1.165) is 6.07 Å². The molecule has 2 aromatic rings. The van der Waals surface area contributed by atoms with E-state index in [9.17, 15) is 19.1 Å². The second kappa shape index (κ2) is 10.7. The highest BCUT2D eigenvalue weighted by atomic mass is 35.5. The van der Waals surface area contributed by atoms with Crippen LogP contribution in [0.1, 0.15) is 43.3 Å². The zero-order chi connectivity index (χ0) is 27.8. The van der Waals surface area contributed by atoms with Crippen molar-refractivity contribution in [2.75, 3.05) is 20.2 Å². The first-order valence-electron chi connectivity index (χ1n) is 11.7. The van der Waals surface area contributed by atoms with Crippen molar-refractivity contribution in [2.45, 2.75) is 44.7 Å². The van der Waals surface area contributed by atoms with E-state index in [1.165, 1.54) is 49.3 Å². The van der Waals surface area contributed by atoms with Crippen molar-refractivity contribution in [3.05, 3.63) is 62.5 Å². The molecule has 1 fully saturated rings. The number of benzene rings is 1. The summed E-state index contributed by atoms with van der Waals surface area (Å²) < 4.78 is 49.2. The van der Waals surface area contributed by atoms with E-state index < -0.39 is 47.7 Å². The van der Waals surface area contributed by atoms with Crippen LogP contribution in [0, 0.1) is 11.2 Å². The van der Waals surface area contributed by atoms with Crippen LogP contribution in [0.4, 0.5) is 13.2 Å². The number of aliphatic carboxylic acids is 1. The van der Waals surface area contributed by atoms with Gasteiger partial charge in [-0.25, -0.2) is 22.9 Å². The lowest BCUT2D eigenvalue weighted by Crippen LogP contribution is -2.44. The maximum atomic E-state index is 15.2. The summed E-state index contributed by atoms with van der Waals surface area (Å²) in [6.07, 6.45) is 1.25. The maximum Gasteiger partial charge on any atom is 0.338 e. The molecule has 1 saturated heterocycles. The van der Waals surface area contributed by atoms with Crippen molar-refractivity contribution in [1.82, 2.24) is 15.2 Å². The molecule has 0 unspecified atom stereocenters. The standard InChI is InChI=1S/C25H26ClF3N4O4S/c1-24(2)17(6-7-18(34)35)33(12-25(24,28)29)11-16-19(23(36)37-3)20(14-5-4-13(27)10-15(14)26)32-21(31-16)22-30-8-9-38-22/h4-5,8-10,17,20H,6-7,11-12H2,1-3H3,(H,31,32)(H,34,35)/t17-,20+/m1/s1. The largest absolute Gasteiger partial charge is 0.481 e. The van der Waals surface area contributed by atoms with Gasteiger partial charge in [0.05, 0.1) is 19.2 Å². The van der Waals surface area contributed by atoms with Gasteiger partial charge in [-0.05, 0) is 18.6 Å². The number of nitrogens with one attached hydrogen (secondary N) is 1. The third-order valence-corrected chi connectivity index (χ3v) is 8.14. The zero-order valence-corrected chi connectivity index (χ0v) is 22.4. The number of ether oxygens (including phenoxy) is 1. The molecule has 0 spiro atoms. The molecule has 0 radical (unpaired) electrons. The minimum atomic E-state index is -3.12. The summed E-state index contributed by atoms with van der Waals surface area (Å²) in [5.41, 5.74) is -0.965. The Kier molecular flexibility index (Phi) is 7.87. The van der Waals surface area contributed by atoms with E-state index in [4.69, 9.17) is 16.3 Å². The normalized spacial score (nSPS) is 22.7. The van der Waals surface area contributed by atoms with Crippen molar-refractivity contribution in [2.24, 2.45) is 10.4 Å². The third kappa shape index (κ3) is 5.29. The molecule has 204 valence electrons. The van der Waals surface area contributed by atoms with Crippen molar-refractivity contribution >= 4 is 40.7 Å². The van der Waals surface area contributed by atoms with Crippen LogP contribution in [-0.4, -0.2) is 64.9 Å². The first-order chi connectivity index (χ1) is 17.9. The van der Waals surface area contributed by atoms with Gasteiger partial charge in [-0.1, -0.05) is 31.5 Å². The summed E-state index contributed by atoms with van der Waals surface area (Å²) in [7, 11) is 1.18. The van der Waals surface area contributed by atoms with Gasteiger partial charge in [-0.3, -0.25) is 14.7 Å². The predicted molar refractivity (Wildman–Crippen MR) is 136 cm³/mol. The number of methoxy groups -OCH3 is 1. The Morgan fingerprint density at radius 3 is 2.68 bits per heavy atom. The number of carboxylic acid groups (broad SMARTS) is 1. The fourth-order valence-electron chi connectivity index (χ4n) is 4.91. The maximum absolute atomic E-state index is 15.2. The minimum absolute atomic E-state index is 0.0145. The number of alkyl halides is 2. The van der Waals surface area contributed by atoms with E-state index in [1.807, 2.05) is 0 Å². The number of esters is 1. The molecule has 1 aromatic heterocycles. The Balaban J connectivity index is 1.83. The zero-order valence-electron chi connectivity index (χ0n) is 20.8. The number of hydrogen-bond donors (Lipinski definition) is 2. The third-order valence-electron chi connectivity index (χ3n) is 7.03. The molecular weight excluding hydrogens is 545 g/mol. The van der Waals surface area contributed by atoms with Crippen LogP contribution in [0.15, 0.2) is 46.0 Å². The number of aromatic nitrogens is 1. The number of likely N-dealkylation sites (tertiary alicyclic amines) is 1. The van der Waals surface area contributed by atoms with Gasteiger partial charge in [0.2, 0.25) is 0 Å². The average Bonchev–Trinajstić information content (AvgIpc) is 3.42. The van der Waals surface area contributed by atoms with Crippen LogP contribution in [0.5, 0.6) is 0 Å². The molecule has 3 heterocycles. The Morgan fingerprint density at radius 2 is 2.08 bits per heavy atom. The summed E-state index contributed by atoms with van der Waals surface area (Å²) in [5, 5.41) is 14.5. The number of thiazole rings is 1. The van der Waals surface area contributed by atoms with Crippen molar-refractivity contribution in [1.29, 1.82) is 0 Å². The number of hydrogen-bond acceptors (Lipinski definition) is 8. The monoisotopic (exact) mass is 570 g/mol. The van der Waals surface area contributed by atoms with Crippen LogP contribution >= 0.6 is 22.9 Å². The number of nitrogens with zero attached hydrogens (tertiary/aromatic N) is 3. The molecule has 4 rings (SSSR count). The second-order valence-corrected chi connectivity index (χ2v) is 11.0. The number of carboxylic acids is 1. The minimum Gasteiger partial charge on any atom is -0.481 e. The molecule has 2 N–H and O–H groups in total. The summed E-state index contributed by atoms with van der Waals surface area (Å²) in [4.78, 5) is 34.8. The molecule has 2 aliphatic rings. The van der Waals surface area contributed by atoms with Gasteiger partial charge in [0.1, 0.15) is 11.9 Å². The van der Waals surface area contributed by atoms with Crippen LogP contribution < -0.4 is 5.32 Å². The van der Waals surface area contributed by atoms with Gasteiger partial charge in [-0.2, -0.15) is 0 Å². The summed E-state index contributed by atoms with van der Waals surface area (Å²) in [6.45, 7) is 2.02. The Morgan fingerprint density at radius 1 is 1.34 bits per heavy atom. The first kappa shape index (κ1) is 28.1. The fourth-order valence-corrected chi connectivity index (χ4v) is 5.77. The molecule has 0 bridgehead atoms. The molecule has 1 aromatic carbocycles. The van der Waals surface area contributed by atoms with Crippen molar-refractivity contribution in [3.63, 3.8) is 0 Å². The van der Waals surface area contributed by atoms with Crippen LogP contribution in [-0.2, 0) is 14.3 Å². The molecule has 0 aliphatic carbocycles. The molecule has 2 aliphatic heterocycles. The van der Waals surface area contributed by atoms with E-state index in [1.54, 1.807) is 11.6 Å². The van der Waals surface area contributed by atoms with Gasteiger partial charge in [-0.15, -0.1) is 11.3 Å². The molecule has 38 heavy (non-hydrogen) atoms. The van der Waals surface area contributed by atoms with E-state index in [-0.39, 0.29) is 41.5 Å². The van der Waals surface area contributed by atoms with Crippen LogP contribution in [0.25, 0.3) is 0 Å². The van der Waals surface area contributed by atoms with Gasteiger partial charge >= 0.3 is 11.9 Å². The molecule has 8 nitrogen and oxygen atoms in total. The Hall–Kier alpha value is -2.96. The smallest absolute Gasteiger partial charge is 0.338 e. The molecule has 2 atom stereocenters. The highest BCUT2D eigenvalue weighted by Gasteiger charge is 2.60. The SMILES string of the molecule is COC(=O)C1=C(CN2CC(F)(F)C(C)(C)[C@H]2CCC(=O)O)NC(c2nccs2)=N[C@H]1c1ccc(F)cc1Cl. The number of rotatable bonds is 8. The van der Waals surface area contributed by atoms with E-state index >= 15 is 8.78 Å².